The van der Waals surface area contributed by atoms with Crippen molar-refractivity contribution >= 4 is 9.05 Å². The molecule has 0 fully saturated rings. The Hall–Kier alpha value is -2.80. The van der Waals surface area contributed by atoms with Gasteiger partial charge >= 0.3 is 9.05 Å². The maximum atomic E-state index is 13.1. The molecule has 0 heterocycles. The van der Waals surface area contributed by atoms with E-state index in [1.165, 1.54) is 82.0 Å². The second-order valence-electron chi connectivity index (χ2n) is 10.4. The third-order valence-corrected chi connectivity index (χ3v) is 8.36. The van der Waals surface area contributed by atoms with Gasteiger partial charge in [0.25, 0.3) is 0 Å². The normalized spacial score (nSPS) is 11.3. The summed E-state index contributed by atoms with van der Waals surface area (Å²) < 4.78 is 18.1. The van der Waals surface area contributed by atoms with Gasteiger partial charge in [0, 0.05) is 0 Å². The topological polar surface area (TPSA) is 50.8 Å². The van der Waals surface area contributed by atoms with Gasteiger partial charge in [0.05, 0.1) is 26.2 Å². The van der Waals surface area contributed by atoms with Crippen molar-refractivity contribution in [3.05, 3.63) is 91.0 Å². The Balaban J connectivity index is 0.000000296. The first-order valence-corrected chi connectivity index (χ1v) is 16.9. The van der Waals surface area contributed by atoms with Crippen LogP contribution in [0.2, 0.25) is 0 Å². The highest BCUT2D eigenvalue weighted by Crippen LogP contribution is 2.21. The van der Waals surface area contributed by atoms with E-state index in [9.17, 15) is 4.80 Å². The van der Waals surface area contributed by atoms with Crippen molar-refractivity contribution in [1.29, 1.82) is 0 Å². The largest absolute Gasteiger partial charge is 0.761 e. The standard InChI is InChI=1S/C18H15O4Si.C16H36N/c19-23(20-16-10-4-1-5-11-16,21-17-12-6-2-7-13-17)22-18-14-8-3-9-15-18;1-5-9-13-17(14-10-6-2,15-11-7-3)16-12-8-4/h1-15H;5-16H2,1-4H3/q-1;+1. The van der Waals surface area contributed by atoms with E-state index in [0.29, 0.717) is 17.2 Å². The molecule has 40 heavy (non-hydrogen) atoms. The van der Waals surface area contributed by atoms with Gasteiger partial charge < -0.3 is 22.6 Å². The van der Waals surface area contributed by atoms with Crippen LogP contribution in [-0.2, 0) is 0 Å². The number of nitrogens with zero attached hydrogens (tertiary/aromatic N) is 1. The first-order valence-electron chi connectivity index (χ1n) is 15.3. The third-order valence-electron chi connectivity index (χ3n) is 6.90. The summed E-state index contributed by atoms with van der Waals surface area (Å²) in [4.78, 5) is 13.1. The van der Waals surface area contributed by atoms with Gasteiger partial charge in [0.2, 0.25) is 0 Å². The van der Waals surface area contributed by atoms with Crippen molar-refractivity contribution in [2.45, 2.75) is 79.1 Å². The summed E-state index contributed by atoms with van der Waals surface area (Å²) in [6.45, 7) is 15.0. The minimum Gasteiger partial charge on any atom is -0.761 e. The molecule has 5 nitrogen and oxygen atoms in total. The van der Waals surface area contributed by atoms with E-state index < -0.39 is 9.05 Å². The molecule has 6 heteroatoms. The zero-order valence-corrected chi connectivity index (χ0v) is 26.2. The minimum absolute atomic E-state index is 0.418. The quantitative estimate of drug-likeness (QED) is 0.116. The molecule has 220 valence electrons. The first kappa shape index (κ1) is 33.4. The minimum atomic E-state index is -4.22. The molecule has 0 unspecified atom stereocenters. The highest BCUT2D eigenvalue weighted by molar-refractivity contribution is 6.52. The van der Waals surface area contributed by atoms with Crippen molar-refractivity contribution in [2.24, 2.45) is 0 Å². The fourth-order valence-corrected chi connectivity index (χ4v) is 6.01. The van der Waals surface area contributed by atoms with Crippen molar-refractivity contribution in [3.63, 3.8) is 0 Å². The summed E-state index contributed by atoms with van der Waals surface area (Å²) in [5.41, 5.74) is 0. The van der Waals surface area contributed by atoms with Crippen LogP contribution in [0.1, 0.15) is 79.1 Å². The first-order chi connectivity index (χ1) is 19.5. The molecular formula is C34H51NO4Si. The van der Waals surface area contributed by atoms with Crippen molar-refractivity contribution in [3.8, 4) is 17.2 Å². The highest BCUT2D eigenvalue weighted by Gasteiger charge is 2.34. The molecule has 0 N–H and O–H groups in total. The Labute approximate surface area is 244 Å². The van der Waals surface area contributed by atoms with Crippen molar-refractivity contribution < 1.29 is 22.6 Å². The lowest BCUT2D eigenvalue weighted by atomic mass is 10.1. The zero-order valence-electron chi connectivity index (χ0n) is 25.2. The average Bonchev–Trinajstić information content (AvgIpc) is 2.98. The summed E-state index contributed by atoms with van der Waals surface area (Å²) in [6, 6.07) is 26.4. The molecule has 0 aromatic heterocycles. The van der Waals surface area contributed by atoms with E-state index in [1.54, 1.807) is 72.8 Å². The molecule has 0 amide bonds. The van der Waals surface area contributed by atoms with Crippen molar-refractivity contribution in [1.82, 2.24) is 0 Å². The van der Waals surface area contributed by atoms with Gasteiger partial charge in [-0.25, -0.2) is 0 Å². The Bertz CT molecular complexity index is 865. The number of hydrogen-bond donors (Lipinski definition) is 0. The fourth-order valence-electron chi connectivity index (χ4n) is 4.61. The molecule has 0 radical (unpaired) electrons. The van der Waals surface area contributed by atoms with E-state index in [-0.39, 0.29) is 0 Å². The van der Waals surface area contributed by atoms with E-state index >= 15 is 0 Å². The molecule has 3 rings (SSSR count). The maximum Gasteiger partial charge on any atom is 0.623 e. The second-order valence-corrected chi connectivity index (χ2v) is 12.0. The fraction of sp³-hybridized carbons (Fsp3) is 0.471. The number of quaternary nitrogens is 1. The summed E-state index contributed by atoms with van der Waals surface area (Å²) >= 11 is 0. The molecule has 0 atom stereocenters. The Kier molecular flexibility index (Phi) is 16.1. The number of unbranched alkanes of at least 4 members (excludes halogenated alkanes) is 4. The summed E-state index contributed by atoms with van der Waals surface area (Å²) in [7, 11) is -4.22. The number of benzene rings is 3. The lowest BCUT2D eigenvalue weighted by molar-refractivity contribution is -0.929. The van der Waals surface area contributed by atoms with Gasteiger partial charge in [-0.15, -0.1) is 0 Å². The van der Waals surface area contributed by atoms with E-state index in [0.717, 1.165) is 0 Å². The van der Waals surface area contributed by atoms with E-state index in [4.69, 9.17) is 13.3 Å². The van der Waals surface area contributed by atoms with Gasteiger partial charge in [-0.05, 0) is 62.1 Å². The van der Waals surface area contributed by atoms with Crippen LogP contribution in [0.4, 0.5) is 0 Å². The molecule has 0 saturated carbocycles. The van der Waals surface area contributed by atoms with Crippen LogP contribution in [0, 0.1) is 0 Å². The number of hydrogen-bond acceptors (Lipinski definition) is 4. The van der Waals surface area contributed by atoms with Crippen LogP contribution in [0.3, 0.4) is 0 Å². The molecule has 0 aliphatic heterocycles. The second kappa shape index (κ2) is 19.3. The predicted octanol–water partition coefficient (Wildman–Crippen LogP) is 8.02. The number of para-hydroxylation sites is 3. The Morgan fingerprint density at radius 1 is 0.475 bits per heavy atom. The van der Waals surface area contributed by atoms with E-state index in [1.807, 2.05) is 18.2 Å². The SMILES string of the molecule is CCCC[N+](CCCC)(CCCC)CCCC.[O-][Si](Oc1ccccc1)(Oc1ccccc1)Oc1ccccc1. The molecular weight excluding hydrogens is 514 g/mol. The lowest BCUT2D eigenvalue weighted by Crippen LogP contribution is -2.66. The molecule has 3 aromatic carbocycles. The van der Waals surface area contributed by atoms with Crippen LogP contribution >= 0.6 is 0 Å². The predicted molar refractivity (Wildman–Crippen MR) is 166 cm³/mol. The van der Waals surface area contributed by atoms with Crippen LogP contribution in [0.5, 0.6) is 17.2 Å². The monoisotopic (exact) mass is 565 g/mol. The Morgan fingerprint density at radius 3 is 0.950 bits per heavy atom. The van der Waals surface area contributed by atoms with Crippen molar-refractivity contribution in [2.75, 3.05) is 26.2 Å². The van der Waals surface area contributed by atoms with Gasteiger partial charge in [-0.1, -0.05) is 108 Å². The van der Waals surface area contributed by atoms with Gasteiger partial charge in [-0.3, -0.25) is 0 Å². The smallest absolute Gasteiger partial charge is 0.623 e. The van der Waals surface area contributed by atoms with Gasteiger partial charge in [-0.2, -0.15) is 0 Å². The molecule has 0 spiro atoms. The summed E-state index contributed by atoms with van der Waals surface area (Å²) in [5.74, 6) is 1.25. The van der Waals surface area contributed by atoms with Crippen LogP contribution < -0.4 is 18.1 Å². The Morgan fingerprint density at radius 2 is 0.725 bits per heavy atom. The highest BCUT2D eigenvalue weighted by atomic mass is 28.4. The molecule has 3 aromatic rings. The van der Waals surface area contributed by atoms with Crippen LogP contribution in [0.15, 0.2) is 91.0 Å². The molecule has 0 aliphatic rings. The maximum absolute atomic E-state index is 13.1. The number of rotatable bonds is 18. The summed E-state index contributed by atoms with van der Waals surface area (Å²) in [6.07, 6.45) is 11.1. The van der Waals surface area contributed by atoms with Crippen LogP contribution in [0.25, 0.3) is 0 Å². The molecule has 0 aliphatic carbocycles. The molecule has 0 saturated heterocycles. The van der Waals surface area contributed by atoms with Gasteiger partial charge in [0.15, 0.2) is 0 Å². The lowest BCUT2D eigenvalue weighted by Gasteiger charge is -2.39. The average molecular weight is 566 g/mol. The zero-order chi connectivity index (χ0) is 28.9. The molecule has 0 bridgehead atoms. The third kappa shape index (κ3) is 13.0. The van der Waals surface area contributed by atoms with Crippen LogP contribution in [-0.4, -0.2) is 39.7 Å². The van der Waals surface area contributed by atoms with Gasteiger partial charge in [0.1, 0.15) is 17.2 Å². The van der Waals surface area contributed by atoms with E-state index in [2.05, 4.69) is 27.7 Å². The summed E-state index contributed by atoms with van der Waals surface area (Å²) in [5, 5.41) is 0.